The smallest absolute Gasteiger partial charge is 0.234 e. The van der Waals surface area contributed by atoms with Crippen LogP contribution in [0.25, 0.3) is 17.1 Å². The number of halogens is 2. The topological polar surface area (TPSA) is 72.7 Å². The molecule has 0 saturated heterocycles. The fourth-order valence-electron chi connectivity index (χ4n) is 3.45. The number of benzene rings is 2. The van der Waals surface area contributed by atoms with Gasteiger partial charge in [0.1, 0.15) is 5.82 Å². The van der Waals surface area contributed by atoms with Crippen LogP contribution in [0.15, 0.2) is 70.6 Å². The van der Waals surface area contributed by atoms with Crippen LogP contribution in [-0.2, 0) is 11.2 Å². The summed E-state index contributed by atoms with van der Waals surface area (Å²) in [6.45, 7) is 4.02. The monoisotopic (exact) mass is 525 g/mol. The Kier molecular flexibility index (Phi) is 7.20. The number of amides is 1. The summed E-state index contributed by atoms with van der Waals surface area (Å²) < 4.78 is 16.3. The van der Waals surface area contributed by atoms with E-state index in [1.54, 1.807) is 24.5 Å². The highest BCUT2D eigenvalue weighted by atomic mass is 79.9. The molecule has 0 aliphatic carbocycles. The van der Waals surface area contributed by atoms with Crippen molar-refractivity contribution < 1.29 is 9.18 Å². The van der Waals surface area contributed by atoms with Crippen LogP contribution in [0.3, 0.4) is 0 Å². The lowest BCUT2D eigenvalue weighted by atomic mass is 10.1. The summed E-state index contributed by atoms with van der Waals surface area (Å²) in [5.41, 5.74) is 4.41. The number of aryl methyl sites for hydroxylation is 2. The van der Waals surface area contributed by atoms with Crippen LogP contribution < -0.4 is 5.32 Å². The predicted molar refractivity (Wildman–Crippen MR) is 132 cm³/mol. The predicted octanol–water partition coefficient (Wildman–Crippen LogP) is 5.83. The number of pyridine rings is 1. The van der Waals surface area contributed by atoms with E-state index in [2.05, 4.69) is 43.4 Å². The van der Waals surface area contributed by atoms with E-state index in [4.69, 9.17) is 0 Å². The molecule has 6 nitrogen and oxygen atoms in total. The third-order valence-electron chi connectivity index (χ3n) is 5.02. The Bertz CT molecular complexity index is 1280. The van der Waals surface area contributed by atoms with Crippen LogP contribution in [0.2, 0.25) is 0 Å². The summed E-state index contributed by atoms with van der Waals surface area (Å²) in [6.07, 6.45) is 4.15. The van der Waals surface area contributed by atoms with Gasteiger partial charge in [0.15, 0.2) is 11.0 Å². The molecule has 4 aromatic rings. The Morgan fingerprint density at radius 3 is 2.55 bits per heavy atom. The van der Waals surface area contributed by atoms with Gasteiger partial charge < -0.3 is 5.32 Å². The fourth-order valence-corrected chi connectivity index (χ4v) is 4.82. The normalized spacial score (nSPS) is 10.9. The third kappa shape index (κ3) is 5.31. The second-order valence-corrected chi connectivity index (χ2v) is 9.16. The maximum absolute atomic E-state index is 13.5. The number of rotatable bonds is 7. The van der Waals surface area contributed by atoms with Crippen molar-refractivity contribution in [3.8, 4) is 17.1 Å². The number of anilines is 1. The third-order valence-corrected chi connectivity index (χ3v) is 6.40. The minimum atomic E-state index is -0.331. The Labute approximate surface area is 203 Å². The molecule has 9 heteroatoms. The molecular formula is C24H21BrFN5OS. The lowest BCUT2D eigenvalue weighted by molar-refractivity contribution is -0.113. The highest BCUT2D eigenvalue weighted by Gasteiger charge is 2.18. The molecule has 0 spiro atoms. The van der Waals surface area contributed by atoms with E-state index < -0.39 is 0 Å². The van der Waals surface area contributed by atoms with E-state index in [0.29, 0.717) is 16.7 Å². The summed E-state index contributed by atoms with van der Waals surface area (Å²) in [7, 11) is 0. The van der Waals surface area contributed by atoms with Gasteiger partial charge in [-0.2, -0.15) is 0 Å². The first-order valence-corrected chi connectivity index (χ1v) is 12.1. The zero-order valence-electron chi connectivity index (χ0n) is 18.0. The van der Waals surface area contributed by atoms with Crippen LogP contribution in [0.4, 0.5) is 10.1 Å². The second-order valence-electron chi connectivity index (χ2n) is 7.30. The van der Waals surface area contributed by atoms with Gasteiger partial charge in [-0.1, -0.05) is 34.6 Å². The first-order valence-electron chi connectivity index (χ1n) is 10.3. The summed E-state index contributed by atoms with van der Waals surface area (Å²) in [6, 6.07) is 13.7. The molecule has 33 heavy (non-hydrogen) atoms. The van der Waals surface area contributed by atoms with Crippen LogP contribution in [0.1, 0.15) is 18.1 Å². The molecule has 0 fully saturated rings. The molecule has 0 aliphatic heterocycles. The van der Waals surface area contributed by atoms with Crippen molar-refractivity contribution in [2.75, 3.05) is 11.1 Å². The van der Waals surface area contributed by atoms with Gasteiger partial charge >= 0.3 is 0 Å². The maximum Gasteiger partial charge on any atom is 0.234 e. The Balaban J connectivity index is 1.59. The number of aromatic nitrogens is 4. The molecule has 0 aliphatic rings. The molecule has 168 valence electrons. The fraction of sp³-hybridized carbons (Fsp3) is 0.167. The lowest BCUT2D eigenvalue weighted by Crippen LogP contribution is -2.16. The van der Waals surface area contributed by atoms with Gasteiger partial charge in [-0.15, -0.1) is 10.2 Å². The van der Waals surface area contributed by atoms with Gasteiger partial charge in [-0.3, -0.25) is 14.3 Å². The van der Waals surface area contributed by atoms with Gasteiger partial charge in [0.25, 0.3) is 0 Å². The molecule has 0 saturated carbocycles. The van der Waals surface area contributed by atoms with Crippen LogP contribution in [0, 0.1) is 12.7 Å². The van der Waals surface area contributed by atoms with Gasteiger partial charge in [0.2, 0.25) is 5.91 Å². The molecule has 2 heterocycles. The summed E-state index contributed by atoms with van der Waals surface area (Å²) in [5, 5.41) is 12.2. The van der Waals surface area contributed by atoms with Crippen molar-refractivity contribution in [1.82, 2.24) is 19.7 Å². The molecule has 1 amide bonds. The molecular weight excluding hydrogens is 505 g/mol. The van der Waals surface area contributed by atoms with Crippen molar-refractivity contribution in [3.63, 3.8) is 0 Å². The van der Waals surface area contributed by atoms with Crippen molar-refractivity contribution in [2.45, 2.75) is 25.4 Å². The van der Waals surface area contributed by atoms with E-state index in [1.807, 2.05) is 35.8 Å². The van der Waals surface area contributed by atoms with E-state index in [9.17, 15) is 9.18 Å². The number of hydrogen-bond donors (Lipinski definition) is 1. The molecule has 0 bridgehead atoms. The molecule has 4 rings (SSSR count). The zero-order chi connectivity index (χ0) is 23.4. The van der Waals surface area contributed by atoms with Crippen molar-refractivity contribution in [2.24, 2.45) is 0 Å². The van der Waals surface area contributed by atoms with Crippen molar-refractivity contribution >= 4 is 39.3 Å². The van der Waals surface area contributed by atoms with E-state index in [-0.39, 0.29) is 17.5 Å². The van der Waals surface area contributed by atoms with Crippen molar-refractivity contribution in [1.29, 1.82) is 0 Å². The SMILES string of the molecule is CCc1cc(Br)cc(C)c1NC(=O)CSc1nnc(-c2ccncc2)n1-c1ccc(F)cc1. The van der Waals surface area contributed by atoms with Crippen LogP contribution in [0.5, 0.6) is 0 Å². The number of nitrogens with zero attached hydrogens (tertiary/aromatic N) is 4. The molecule has 0 atom stereocenters. The van der Waals surface area contributed by atoms with Crippen LogP contribution >= 0.6 is 27.7 Å². The molecule has 0 unspecified atom stereocenters. The summed E-state index contributed by atoms with van der Waals surface area (Å²) in [5.74, 6) is 0.263. The molecule has 0 radical (unpaired) electrons. The van der Waals surface area contributed by atoms with Gasteiger partial charge in [0, 0.05) is 33.8 Å². The average Bonchev–Trinajstić information content (AvgIpc) is 3.24. The number of carbonyl (C=O) groups is 1. The van der Waals surface area contributed by atoms with E-state index in [1.165, 1.54) is 23.9 Å². The quantitative estimate of drug-likeness (QED) is 0.307. The highest BCUT2D eigenvalue weighted by Crippen LogP contribution is 2.29. The second kappa shape index (κ2) is 10.3. The minimum absolute atomic E-state index is 0.140. The minimum Gasteiger partial charge on any atom is -0.325 e. The Morgan fingerprint density at radius 1 is 1.12 bits per heavy atom. The van der Waals surface area contributed by atoms with Crippen LogP contribution in [-0.4, -0.2) is 31.4 Å². The average molecular weight is 526 g/mol. The highest BCUT2D eigenvalue weighted by molar-refractivity contribution is 9.10. The summed E-state index contributed by atoms with van der Waals surface area (Å²) >= 11 is 4.78. The molecule has 2 aromatic heterocycles. The van der Waals surface area contributed by atoms with Gasteiger partial charge in [0.05, 0.1) is 5.75 Å². The largest absolute Gasteiger partial charge is 0.325 e. The van der Waals surface area contributed by atoms with Gasteiger partial charge in [-0.25, -0.2) is 4.39 Å². The molecule has 2 aromatic carbocycles. The first kappa shape index (κ1) is 23.1. The standard InChI is InChI=1S/C24H21BrFN5OS/c1-3-16-13-18(25)12-15(2)22(16)28-21(32)14-33-24-30-29-23(17-8-10-27-11-9-17)31(24)20-6-4-19(26)5-7-20/h4-13H,3,14H2,1-2H3,(H,28,32). The lowest BCUT2D eigenvalue weighted by Gasteiger charge is -2.14. The number of nitrogens with one attached hydrogen (secondary N) is 1. The zero-order valence-corrected chi connectivity index (χ0v) is 20.5. The Hall–Kier alpha value is -3.04. The molecule has 1 N–H and O–H groups in total. The van der Waals surface area contributed by atoms with E-state index >= 15 is 0 Å². The first-order chi connectivity index (χ1) is 16.0. The van der Waals surface area contributed by atoms with Crippen molar-refractivity contribution in [3.05, 3.63) is 82.3 Å². The van der Waals surface area contributed by atoms with E-state index in [0.717, 1.165) is 33.3 Å². The number of hydrogen-bond acceptors (Lipinski definition) is 5. The number of thioether (sulfide) groups is 1. The van der Waals surface area contributed by atoms with Gasteiger partial charge in [-0.05, 0) is 73.0 Å². The maximum atomic E-state index is 13.5. The summed E-state index contributed by atoms with van der Waals surface area (Å²) in [4.78, 5) is 16.9. The Morgan fingerprint density at radius 2 is 1.85 bits per heavy atom. The number of carbonyl (C=O) groups excluding carboxylic acids is 1.